The zero-order chi connectivity index (χ0) is 29.1. The molecule has 0 bridgehead atoms. The molecule has 1 aromatic heterocycles. The first-order valence-corrected chi connectivity index (χ1v) is 12.9. The van der Waals surface area contributed by atoms with E-state index in [1.165, 1.54) is 0 Å². The third-order valence-electron chi connectivity index (χ3n) is 6.30. The maximum absolute atomic E-state index is 13.2. The van der Waals surface area contributed by atoms with Gasteiger partial charge < -0.3 is 43.2 Å². The van der Waals surface area contributed by atoms with Gasteiger partial charge in [-0.25, -0.2) is 4.79 Å². The lowest BCUT2D eigenvalue weighted by Crippen LogP contribution is -2.58. The molecule has 0 aliphatic rings. The molecule has 0 aliphatic carbocycles. The SMILES string of the molecule is CC(C)C(NC(=O)C(N)CC(N)=O)C(=O)NC(CCCCN)C(=O)NC(Cc1c[nH]c2ccccc12)C(=O)O. The minimum atomic E-state index is -1.25. The molecule has 214 valence electrons. The van der Waals surface area contributed by atoms with Gasteiger partial charge in [0.2, 0.25) is 23.6 Å². The van der Waals surface area contributed by atoms with Crippen LogP contribution in [0.1, 0.15) is 45.1 Å². The summed E-state index contributed by atoms with van der Waals surface area (Å²) < 4.78 is 0. The highest BCUT2D eigenvalue weighted by Gasteiger charge is 2.32. The maximum atomic E-state index is 13.2. The predicted molar refractivity (Wildman–Crippen MR) is 145 cm³/mol. The van der Waals surface area contributed by atoms with Crippen LogP contribution >= 0.6 is 0 Å². The summed E-state index contributed by atoms with van der Waals surface area (Å²) in [4.78, 5) is 65.0. The van der Waals surface area contributed by atoms with Crippen molar-refractivity contribution in [3.8, 4) is 0 Å². The molecule has 4 atom stereocenters. The molecule has 0 fully saturated rings. The van der Waals surface area contributed by atoms with Crippen molar-refractivity contribution in [3.63, 3.8) is 0 Å². The number of carbonyl (C=O) groups excluding carboxylic acids is 4. The fraction of sp³-hybridized carbons (Fsp3) is 0.500. The number of aromatic nitrogens is 1. The Hall–Kier alpha value is -3.97. The Bertz CT molecular complexity index is 1160. The van der Waals surface area contributed by atoms with Gasteiger partial charge in [-0.05, 0) is 43.4 Å². The Kier molecular flexibility index (Phi) is 11.9. The number of primary amides is 1. The van der Waals surface area contributed by atoms with Crippen LogP contribution in [0.25, 0.3) is 10.9 Å². The summed E-state index contributed by atoms with van der Waals surface area (Å²) in [6.07, 6.45) is 2.62. The highest BCUT2D eigenvalue weighted by atomic mass is 16.4. The molecule has 2 rings (SSSR count). The topological polar surface area (TPSA) is 236 Å². The number of benzene rings is 1. The first-order chi connectivity index (χ1) is 18.4. The van der Waals surface area contributed by atoms with Gasteiger partial charge in [0.1, 0.15) is 18.1 Å². The zero-order valence-electron chi connectivity index (χ0n) is 22.2. The van der Waals surface area contributed by atoms with Gasteiger partial charge in [-0.1, -0.05) is 32.0 Å². The van der Waals surface area contributed by atoms with Crippen LogP contribution in [0.15, 0.2) is 30.5 Å². The Morgan fingerprint density at radius 1 is 0.949 bits per heavy atom. The van der Waals surface area contributed by atoms with Crippen molar-refractivity contribution < 1.29 is 29.1 Å². The van der Waals surface area contributed by atoms with Gasteiger partial charge in [-0.2, -0.15) is 0 Å². The van der Waals surface area contributed by atoms with Gasteiger partial charge in [-0.3, -0.25) is 19.2 Å². The van der Waals surface area contributed by atoms with Crippen LogP contribution in [-0.4, -0.2) is 70.4 Å². The van der Waals surface area contributed by atoms with Crippen molar-refractivity contribution in [1.29, 1.82) is 0 Å². The molecule has 13 nitrogen and oxygen atoms in total. The highest BCUT2D eigenvalue weighted by Crippen LogP contribution is 2.19. The van der Waals surface area contributed by atoms with E-state index in [0.717, 1.165) is 16.5 Å². The number of hydrogen-bond donors (Lipinski definition) is 8. The number of unbranched alkanes of at least 4 members (excludes halogenated alkanes) is 1. The van der Waals surface area contributed by atoms with E-state index < -0.39 is 66.1 Å². The van der Waals surface area contributed by atoms with Crippen molar-refractivity contribution in [2.75, 3.05) is 6.54 Å². The summed E-state index contributed by atoms with van der Waals surface area (Å²) in [7, 11) is 0. The van der Waals surface area contributed by atoms with E-state index in [0.29, 0.717) is 19.4 Å². The second-order valence-corrected chi connectivity index (χ2v) is 9.82. The zero-order valence-corrected chi connectivity index (χ0v) is 22.2. The number of amides is 4. The Morgan fingerprint density at radius 3 is 2.23 bits per heavy atom. The van der Waals surface area contributed by atoms with E-state index in [1.54, 1.807) is 20.0 Å². The summed E-state index contributed by atoms with van der Waals surface area (Å²) in [5, 5.41) is 18.4. The van der Waals surface area contributed by atoms with Crippen LogP contribution in [0.4, 0.5) is 0 Å². The van der Waals surface area contributed by atoms with Crippen molar-refractivity contribution in [2.24, 2.45) is 23.1 Å². The number of nitrogens with one attached hydrogen (secondary N) is 4. The van der Waals surface area contributed by atoms with Gasteiger partial charge in [-0.15, -0.1) is 0 Å². The molecule has 0 aliphatic heterocycles. The lowest BCUT2D eigenvalue weighted by Gasteiger charge is -2.27. The summed E-state index contributed by atoms with van der Waals surface area (Å²) in [5.74, 6) is -4.45. The molecule has 1 aromatic carbocycles. The highest BCUT2D eigenvalue weighted by molar-refractivity contribution is 5.95. The van der Waals surface area contributed by atoms with E-state index in [4.69, 9.17) is 17.2 Å². The minimum Gasteiger partial charge on any atom is -0.480 e. The van der Waals surface area contributed by atoms with Crippen molar-refractivity contribution in [1.82, 2.24) is 20.9 Å². The normalized spacial score (nSPS) is 14.3. The Morgan fingerprint density at radius 2 is 1.62 bits per heavy atom. The molecule has 13 heteroatoms. The number of aromatic amines is 1. The fourth-order valence-corrected chi connectivity index (χ4v) is 4.12. The summed E-state index contributed by atoms with van der Waals surface area (Å²) in [5.41, 5.74) is 17.9. The number of rotatable bonds is 16. The predicted octanol–water partition coefficient (Wildman–Crippen LogP) is -0.763. The lowest BCUT2D eigenvalue weighted by atomic mass is 10.0. The van der Waals surface area contributed by atoms with Crippen LogP contribution in [-0.2, 0) is 30.4 Å². The van der Waals surface area contributed by atoms with Gasteiger partial charge in [0.15, 0.2) is 0 Å². The summed E-state index contributed by atoms with van der Waals surface area (Å²) in [6.45, 7) is 3.76. The molecule has 0 saturated carbocycles. The number of carboxylic acids is 1. The van der Waals surface area contributed by atoms with Crippen LogP contribution in [0, 0.1) is 5.92 Å². The average Bonchev–Trinajstić information content (AvgIpc) is 3.28. The number of hydrogen-bond acceptors (Lipinski definition) is 7. The van der Waals surface area contributed by atoms with Gasteiger partial charge in [0.05, 0.1) is 12.5 Å². The average molecular weight is 546 g/mol. The largest absolute Gasteiger partial charge is 0.480 e. The lowest BCUT2D eigenvalue weighted by molar-refractivity contribution is -0.142. The van der Waals surface area contributed by atoms with Crippen LogP contribution in [0.5, 0.6) is 0 Å². The standard InChI is InChI=1S/C26H39N7O6/c1-14(2)22(33-23(35)17(28)12-21(29)34)25(37)31-19(9-5-6-10-27)24(36)32-20(26(38)39)11-15-13-30-18-8-4-3-7-16(15)18/h3-4,7-8,13-14,17,19-20,22,30H,5-6,9-12,27-28H2,1-2H3,(H2,29,34)(H,31,37)(H,32,36)(H,33,35)(H,38,39). The molecule has 2 aromatic rings. The van der Waals surface area contributed by atoms with E-state index in [-0.39, 0.29) is 12.8 Å². The molecule has 39 heavy (non-hydrogen) atoms. The first-order valence-electron chi connectivity index (χ1n) is 12.9. The second-order valence-electron chi connectivity index (χ2n) is 9.82. The summed E-state index contributed by atoms with van der Waals surface area (Å²) >= 11 is 0. The molecule has 4 unspecified atom stereocenters. The third kappa shape index (κ3) is 9.37. The van der Waals surface area contributed by atoms with Crippen molar-refractivity contribution in [3.05, 3.63) is 36.0 Å². The van der Waals surface area contributed by atoms with Gasteiger partial charge >= 0.3 is 5.97 Å². The molecule has 0 radical (unpaired) electrons. The maximum Gasteiger partial charge on any atom is 0.326 e. The Labute approximate surface area is 226 Å². The molecule has 11 N–H and O–H groups in total. The molecular formula is C26H39N7O6. The van der Waals surface area contributed by atoms with Crippen LogP contribution in [0.2, 0.25) is 0 Å². The second kappa shape index (κ2) is 14.8. The number of aliphatic carboxylic acids is 1. The van der Waals surface area contributed by atoms with E-state index in [9.17, 15) is 29.1 Å². The fourth-order valence-electron chi connectivity index (χ4n) is 4.12. The molecule has 4 amide bonds. The molecular weight excluding hydrogens is 506 g/mol. The Balaban J connectivity index is 2.17. The smallest absolute Gasteiger partial charge is 0.326 e. The number of carboxylic acid groups (broad SMARTS) is 1. The van der Waals surface area contributed by atoms with E-state index in [1.807, 2.05) is 24.3 Å². The molecule has 1 heterocycles. The number of fused-ring (bicyclic) bond motifs is 1. The van der Waals surface area contributed by atoms with E-state index in [2.05, 4.69) is 20.9 Å². The molecule has 0 saturated heterocycles. The van der Waals surface area contributed by atoms with Crippen molar-refractivity contribution in [2.45, 2.75) is 70.1 Å². The number of carbonyl (C=O) groups is 5. The quantitative estimate of drug-likeness (QED) is 0.124. The van der Waals surface area contributed by atoms with Crippen molar-refractivity contribution >= 4 is 40.5 Å². The minimum absolute atomic E-state index is 0.0248. The number of H-pyrrole nitrogens is 1. The first kappa shape index (κ1) is 31.2. The van der Waals surface area contributed by atoms with Gasteiger partial charge in [0.25, 0.3) is 0 Å². The monoisotopic (exact) mass is 545 g/mol. The van der Waals surface area contributed by atoms with Crippen LogP contribution < -0.4 is 33.2 Å². The van der Waals surface area contributed by atoms with Gasteiger partial charge in [0, 0.05) is 23.5 Å². The van der Waals surface area contributed by atoms with E-state index >= 15 is 0 Å². The third-order valence-corrected chi connectivity index (χ3v) is 6.30. The van der Waals surface area contributed by atoms with Crippen LogP contribution in [0.3, 0.4) is 0 Å². The number of para-hydroxylation sites is 1. The molecule has 0 spiro atoms. The summed E-state index contributed by atoms with van der Waals surface area (Å²) in [6, 6.07) is 2.77. The number of nitrogens with two attached hydrogens (primary N) is 3.